The first-order valence-electron chi connectivity index (χ1n) is 9.78. The Balaban J connectivity index is 0.00000136. The van der Waals surface area contributed by atoms with Crippen molar-refractivity contribution in [1.29, 1.82) is 0 Å². The standard InChI is InChI=1S/C21H24ClN3O.C2H6/c1-4-13(2)14-5-6-15(20(9-14)26-3)11-25-21-17-10-16(22)7-8-19(17)24-12-18(21)23;1-2/h5-10,12-13H,4,11,23H2,1-3H3,(H,24,25);1-2H3. The molecule has 3 N–H and O–H groups in total. The molecule has 2 aromatic carbocycles. The van der Waals surface area contributed by atoms with Crippen molar-refractivity contribution in [2.45, 2.75) is 46.6 Å². The molecule has 1 heterocycles. The van der Waals surface area contributed by atoms with Crippen molar-refractivity contribution >= 4 is 33.9 Å². The van der Waals surface area contributed by atoms with Gasteiger partial charge < -0.3 is 15.8 Å². The van der Waals surface area contributed by atoms with Crippen molar-refractivity contribution in [2.75, 3.05) is 18.2 Å². The molecule has 3 aromatic rings. The lowest BCUT2D eigenvalue weighted by Gasteiger charge is -2.16. The molecular weight excluding hydrogens is 370 g/mol. The molecule has 0 saturated heterocycles. The van der Waals surface area contributed by atoms with Gasteiger partial charge in [0.05, 0.1) is 30.2 Å². The van der Waals surface area contributed by atoms with Crippen LogP contribution in [0, 0.1) is 0 Å². The highest BCUT2D eigenvalue weighted by Gasteiger charge is 2.11. The zero-order chi connectivity index (χ0) is 20.7. The Hall–Kier alpha value is -2.46. The number of nitrogens with one attached hydrogen (secondary N) is 1. The highest BCUT2D eigenvalue weighted by atomic mass is 35.5. The molecule has 0 bridgehead atoms. The summed E-state index contributed by atoms with van der Waals surface area (Å²) in [5, 5.41) is 5.00. The SMILES string of the molecule is CC.CCC(C)c1ccc(CNc2c(N)cnc3ccc(Cl)cc23)c(OC)c1. The van der Waals surface area contributed by atoms with Gasteiger partial charge in [0.15, 0.2) is 0 Å². The van der Waals surface area contributed by atoms with Crippen molar-refractivity contribution in [1.82, 2.24) is 4.98 Å². The largest absolute Gasteiger partial charge is 0.496 e. The quantitative estimate of drug-likeness (QED) is 0.488. The van der Waals surface area contributed by atoms with E-state index in [1.807, 2.05) is 32.0 Å². The first kappa shape index (κ1) is 21.8. The van der Waals surface area contributed by atoms with Gasteiger partial charge in [0.2, 0.25) is 0 Å². The van der Waals surface area contributed by atoms with Crippen LogP contribution >= 0.6 is 11.6 Å². The molecule has 3 rings (SSSR count). The lowest BCUT2D eigenvalue weighted by Crippen LogP contribution is -2.06. The number of rotatable bonds is 6. The average Bonchev–Trinajstić information content (AvgIpc) is 2.73. The predicted octanol–water partition coefficient (Wildman–Crippen LogP) is 6.63. The number of methoxy groups -OCH3 is 1. The summed E-state index contributed by atoms with van der Waals surface area (Å²) in [4.78, 5) is 4.36. The van der Waals surface area contributed by atoms with Gasteiger partial charge in [-0.25, -0.2) is 0 Å². The molecule has 0 aliphatic heterocycles. The number of nitrogens with two attached hydrogens (primary N) is 1. The summed E-state index contributed by atoms with van der Waals surface area (Å²) in [6.07, 6.45) is 2.77. The first-order valence-corrected chi connectivity index (χ1v) is 10.2. The molecule has 1 aromatic heterocycles. The minimum Gasteiger partial charge on any atom is -0.496 e. The van der Waals surface area contributed by atoms with E-state index in [1.54, 1.807) is 13.3 Å². The Morgan fingerprint density at radius 3 is 2.61 bits per heavy atom. The lowest BCUT2D eigenvalue weighted by molar-refractivity contribution is 0.409. The maximum absolute atomic E-state index is 6.15. The van der Waals surface area contributed by atoms with E-state index in [9.17, 15) is 0 Å². The second-order valence-electron chi connectivity index (χ2n) is 6.48. The van der Waals surface area contributed by atoms with Gasteiger partial charge in [0.1, 0.15) is 5.75 Å². The van der Waals surface area contributed by atoms with Gasteiger partial charge in [0.25, 0.3) is 0 Å². The van der Waals surface area contributed by atoms with Gasteiger partial charge in [-0.05, 0) is 42.2 Å². The fourth-order valence-electron chi connectivity index (χ4n) is 3.01. The Morgan fingerprint density at radius 2 is 1.93 bits per heavy atom. The number of nitrogens with zero attached hydrogens (tertiary/aromatic N) is 1. The van der Waals surface area contributed by atoms with Gasteiger partial charge in [0, 0.05) is 22.5 Å². The summed E-state index contributed by atoms with van der Waals surface area (Å²) in [6, 6.07) is 12.0. The van der Waals surface area contributed by atoms with E-state index in [-0.39, 0.29) is 0 Å². The number of hydrogen-bond donors (Lipinski definition) is 2. The van der Waals surface area contributed by atoms with E-state index in [2.05, 4.69) is 42.3 Å². The molecule has 28 heavy (non-hydrogen) atoms. The molecule has 1 unspecified atom stereocenters. The van der Waals surface area contributed by atoms with E-state index in [0.29, 0.717) is 23.2 Å². The van der Waals surface area contributed by atoms with E-state index in [4.69, 9.17) is 22.1 Å². The number of aromatic nitrogens is 1. The fourth-order valence-corrected chi connectivity index (χ4v) is 3.18. The molecule has 0 amide bonds. The Morgan fingerprint density at radius 1 is 1.18 bits per heavy atom. The molecule has 0 aliphatic rings. The van der Waals surface area contributed by atoms with E-state index >= 15 is 0 Å². The lowest BCUT2D eigenvalue weighted by atomic mass is 9.97. The number of fused-ring (bicyclic) bond motifs is 1. The van der Waals surface area contributed by atoms with Crippen LogP contribution in [0.4, 0.5) is 11.4 Å². The maximum atomic E-state index is 6.15. The Bertz CT molecular complexity index is 922. The molecule has 0 radical (unpaired) electrons. The molecule has 150 valence electrons. The third-order valence-electron chi connectivity index (χ3n) is 4.81. The fraction of sp³-hybridized carbons (Fsp3) is 0.348. The van der Waals surface area contributed by atoms with Crippen LogP contribution in [-0.4, -0.2) is 12.1 Å². The van der Waals surface area contributed by atoms with Crippen LogP contribution in [0.2, 0.25) is 5.02 Å². The predicted molar refractivity (Wildman–Crippen MR) is 122 cm³/mol. The summed E-state index contributed by atoms with van der Waals surface area (Å²) >= 11 is 6.15. The van der Waals surface area contributed by atoms with Crippen LogP contribution in [0.5, 0.6) is 5.75 Å². The third-order valence-corrected chi connectivity index (χ3v) is 5.04. The van der Waals surface area contributed by atoms with Gasteiger partial charge in [-0.1, -0.05) is 51.4 Å². The molecule has 4 nitrogen and oxygen atoms in total. The number of hydrogen-bond acceptors (Lipinski definition) is 4. The van der Waals surface area contributed by atoms with Crippen molar-refractivity contribution in [3.8, 4) is 5.75 Å². The Kier molecular flexibility index (Phi) is 7.94. The Labute approximate surface area is 173 Å². The van der Waals surface area contributed by atoms with E-state index < -0.39 is 0 Å². The average molecular weight is 400 g/mol. The summed E-state index contributed by atoms with van der Waals surface area (Å²) in [5.74, 6) is 1.39. The van der Waals surface area contributed by atoms with Crippen LogP contribution in [0.1, 0.15) is 51.2 Å². The third kappa shape index (κ3) is 4.87. The van der Waals surface area contributed by atoms with Crippen LogP contribution in [0.25, 0.3) is 10.9 Å². The number of pyridine rings is 1. The minimum absolute atomic E-state index is 0.507. The van der Waals surface area contributed by atoms with Crippen molar-refractivity contribution in [3.05, 3.63) is 58.7 Å². The van der Waals surface area contributed by atoms with Crippen molar-refractivity contribution in [2.24, 2.45) is 0 Å². The summed E-state index contributed by atoms with van der Waals surface area (Å²) in [6.45, 7) is 9.01. The van der Waals surface area contributed by atoms with Gasteiger partial charge in [-0.3, -0.25) is 4.98 Å². The van der Waals surface area contributed by atoms with Gasteiger partial charge in [-0.15, -0.1) is 0 Å². The molecule has 1 atom stereocenters. The topological polar surface area (TPSA) is 60.2 Å². The molecule has 0 saturated carbocycles. The zero-order valence-corrected chi connectivity index (χ0v) is 18.1. The minimum atomic E-state index is 0.507. The van der Waals surface area contributed by atoms with Crippen LogP contribution < -0.4 is 15.8 Å². The summed E-state index contributed by atoms with van der Waals surface area (Å²) in [5.41, 5.74) is 10.8. The number of anilines is 2. The van der Waals surface area contributed by atoms with Crippen molar-refractivity contribution < 1.29 is 4.74 Å². The summed E-state index contributed by atoms with van der Waals surface area (Å²) in [7, 11) is 1.70. The highest BCUT2D eigenvalue weighted by molar-refractivity contribution is 6.31. The van der Waals surface area contributed by atoms with Crippen LogP contribution in [0.15, 0.2) is 42.6 Å². The number of nitrogen functional groups attached to an aromatic ring is 1. The van der Waals surface area contributed by atoms with Gasteiger partial charge >= 0.3 is 0 Å². The van der Waals surface area contributed by atoms with Crippen molar-refractivity contribution in [3.63, 3.8) is 0 Å². The number of benzene rings is 2. The van der Waals surface area contributed by atoms with Crippen LogP contribution in [0.3, 0.4) is 0 Å². The van der Waals surface area contributed by atoms with Crippen LogP contribution in [-0.2, 0) is 6.54 Å². The molecule has 0 aliphatic carbocycles. The number of halogens is 1. The first-order chi connectivity index (χ1) is 13.5. The smallest absolute Gasteiger partial charge is 0.124 e. The number of ether oxygens (including phenoxy) is 1. The summed E-state index contributed by atoms with van der Waals surface area (Å²) < 4.78 is 5.60. The molecular formula is C23H30ClN3O. The zero-order valence-electron chi connectivity index (χ0n) is 17.3. The molecule has 0 fully saturated rings. The highest BCUT2D eigenvalue weighted by Crippen LogP contribution is 2.32. The monoisotopic (exact) mass is 399 g/mol. The maximum Gasteiger partial charge on any atom is 0.124 e. The van der Waals surface area contributed by atoms with E-state index in [1.165, 1.54) is 5.56 Å². The second kappa shape index (κ2) is 10.2. The van der Waals surface area contributed by atoms with Gasteiger partial charge in [-0.2, -0.15) is 0 Å². The molecule has 5 heteroatoms. The van der Waals surface area contributed by atoms with E-state index in [0.717, 1.165) is 34.3 Å². The normalized spacial score (nSPS) is 11.5. The molecule has 0 spiro atoms. The second-order valence-corrected chi connectivity index (χ2v) is 6.92.